The Morgan fingerprint density at radius 2 is 2.00 bits per heavy atom. The number of rotatable bonds is 5. The summed E-state index contributed by atoms with van der Waals surface area (Å²) in [5, 5.41) is 19.8. The van der Waals surface area contributed by atoms with Gasteiger partial charge in [0.25, 0.3) is 0 Å². The Labute approximate surface area is 124 Å². The van der Waals surface area contributed by atoms with Crippen molar-refractivity contribution in [1.29, 1.82) is 0 Å². The number of thiazole rings is 1. The summed E-state index contributed by atoms with van der Waals surface area (Å²) in [5.74, 6) is 0.423. The van der Waals surface area contributed by atoms with Crippen molar-refractivity contribution < 1.29 is 4.92 Å². The zero-order valence-electron chi connectivity index (χ0n) is 11.2. The van der Waals surface area contributed by atoms with Crippen LogP contribution in [0.2, 0.25) is 0 Å². The summed E-state index contributed by atoms with van der Waals surface area (Å²) in [6, 6.07) is 0.242. The van der Waals surface area contributed by atoms with Crippen LogP contribution < -0.4 is 10.6 Å². The molecule has 0 radical (unpaired) electrons. The number of hydrogen-bond donors (Lipinski definition) is 2. The second kappa shape index (κ2) is 6.00. The van der Waals surface area contributed by atoms with Gasteiger partial charge in [-0.15, -0.1) is 11.3 Å². The molecule has 3 rings (SSSR count). The van der Waals surface area contributed by atoms with Gasteiger partial charge in [-0.3, -0.25) is 10.1 Å². The summed E-state index contributed by atoms with van der Waals surface area (Å²) in [5.41, 5.74) is -0.139. The third kappa shape index (κ3) is 3.07. The van der Waals surface area contributed by atoms with Crippen LogP contribution in [0.15, 0.2) is 17.9 Å². The van der Waals surface area contributed by atoms with Crippen molar-refractivity contribution in [3.8, 4) is 0 Å². The lowest BCUT2D eigenvalue weighted by atomic mass is 10.2. The average molecular weight is 306 g/mol. The molecule has 1 fully saturated rings. The first kappa shape index (κ1) is 13.7. The minimum Gasteiger partial charge on any atom is -0.361 e. The number of nitrogens with one attached hydrogen (secondary N) is 2. The van der Waals surface area contributed by atoms with Gasteiger partial charge in [-0.05, 0) is 12.8 Å². The maximum atomic E-state index is 11.4. The number of nitro groups is 1. The third-order valence-electron chi connectivity index (χ3n) is 3.36. The Hall–Kier alpha value is -2.29. The number of nitrogens with zero attached hydrogens (tertiary/aromatic N) is 4. The molecule has 0 aliphatic heterocycles. The molecule has 8 nitrogen and oxygen atoms in total. The third-order valence-corrected chi connectivity index (χ3v) is 4.05. The van der Waals surface area contributed by atoms with Crippen LogP contribution >= 0.6 is 11.3 Å². The number of aromatic nitrogens is 3. The topological polar surface area (TPSA) is 106 Å². The maximum absolute atomic E-state index is 11.4. The molecule has 110 valence electrons. The minimum absolute atomic E-state index is 0.139. The van der Waals surface area contributed by atoms with Crippen molar-refractivity contribution >= 4 is 33.8 Å². The summed E-state index contributed by atoms with van der Waals surface area (Å²) < 4.78 is 0. The van der Waals surface area contributed by atoms with Gasteiger partial charge in [-0.2, -0.15) is 0 Å². The molecule has 2 aromatic rings. The van der Waals surface area contributed by atoms with Crippen LogP contribution in [0, 0.1) is 10.1 Å². The van der Waals surface area contributed by atoms with E-state index in [2.05, 4.69) is 25.6 Å². The lowest BCUT2D eigenvalue weighted by molar-refractivity contribution is -0.383. The van der Waals surface area contributed by atoms with E-state index in [9.17, 15) is 10.1 Å². The highest BCUT2D eigenvalue weighted by Gasteiger charge is 2.26. The Morgan fingerprint density at radius 1 is 1.24 bits per heavy atom. The smallest absolute Gasteiger partial charge is 0.353 e. The zero-order chi connectivity index (χ0) is 14.7. The molecule has 1 aliphatic rings. The molecule has 2 N–H and O–H groups in total. The second-order valence-corrected chi connectivity index (χ2v) is 5.66. The molecule has 2 heterocycles. The molecule has 1 saturated carbocycles. The normalized spacial score (nSPS) is 15.0. The quantitative estimate of drug-likeness (QED) is 0.646. The second-order valence-electron chi connectivity index (χ2n) is 4.76. The number of anilines is 3. The van der Waals surface area contributed by atoms with Crippen LogP contribution in [0.1, 0.15) is 25.7 Å². The molecule has 0 saturated heterocycles. The van der Waals surface area contributed by atoms with Gasteiger partial charge >= 0.3 is 5.69 Å². The molecular weight excluding hydrogens is 292 g/mol. The first-order valence-corrected chi connectivity index (χ1v) is 7.54. The average Bonchev–Trinajstić information content (AvgIpc) is 3.12. The molecule has 0 atom stereocenters. The predicted molar refractivity (Wildman–Crippen MR) is 80.0 cm³/mol. The van der Waals surface area contributed by atoms with E-state index in [1.807, 2.05) is 0 Å². The summed E-state index contributed by atoms with van der Waals surface area (Å²) in [4.78, 5) is 23.0. The number of hydrogen-bond acceptors (Lipinski definition) is 8. The molecule has 0 bridgehead atoms. The zero-order valence-corrected chi connectivity index (χ0v) is 12.0. The summed E-state index contributed by atoms with van der Waals surface area (Å²) in [6.45, 7) is 0. The monoisotopic (exact) mass is 306 g/mol. The maximum Gasteiger partial charge on any atom is 0.353 e. The van der Waals surface area contributed by atoms with Crippen molar-refractivity contribution in [2.24, 2.45) is 0 Å². The van der Waals surface area contributed by atoms with Crippen molar-refractivity contribution in [1.82, 2.24) is 15.0 Å². The van der Waals surface area contributed by atoms with Crippen molar-refractivity contribution in [3.63, 3.8) is 0 Å². The lowest BCUT2D eigenvalue weighted by Gasteiger charge is -2.13. The van der Waals surface area contributed by atoms with Crippen LogP contribution in [-0.4, -0.2) is 25.9 Å². The van der Waals surface area contributed by atoms with Crippen LogP contribution in [0.3, 0.4) is 0 Å². The first-order chi connectivity index (χ1) is 10.2. The van der Waals surface area contributed by atoms with Gasteiger partial charge < -0.3 is 10.6 Å². The van der Waals surface area contributed by atoms with Crippen molar-refractivity contribution in [2.45, 2.75) is 31.7 Å². The van der Waals surface area contributed by atoms with Gasteiger partial charge in [-0.1, -0.05) is 12.8 Å². The fraction of sp³-hybridized carbons (Fsp3) is 0.417. The summed E-state index contributed by atoms with van der Waals surface area (Å²) in [7, 11) is 0. The molecule has 2 aromatic heterocycles. The Morgan fingerprint density at radius 3 is 2.67 bits per heavy atom. The van der Waals surface area contributed by atoms with E-state index in [1.165, 1.54) is 17.7 Å². The van der Waals surface area contributed by atoms with Gasteiger partial charge in [0, 0.05) is 17.6 Å². The molecule has 0 unspecified atom stereocenters. The van der Waals surface area contributed by atoms with Gasteiger partial charge in [0.05, 0.1) is 4.92 Å². The van der Waals surface area contributed by atoms with Crippen LogP contribution in [0.25, 0.3) is 0 Å². The van der Waals surface area contributed by atoms with E-state index >= 15 is 0 Å². The van der Waals surface area contributed by atoms with E-state index < -0.39 is 4.92 Å². The van der Waals surface area contributed by atoms with Gasteiger partial charge in [-0.25, -0.2) is 15.0 Å². The van der Waals surface area contributed by atoms with E-state index in [1.54, 1.807) is 11.6 Å². The van der Waals surface area contributed by atoms with Crippen LogP contribution in [-0.2, 0) is 0 Å². The highest BCUT2D eigenvalue weighted by Crippen LogP contribution is 2.33. The summed E-state index contributed by atoms with van der Waals surface area (Å²) >= 11 is 1.35. The Kier molecular flexibility index (Phi) is 3.91. The Balaban J connectivity index is 1.90. The van der Waals surface area contributed by atoms with Crippen LogP contribution in [0.4, 0.5) is 22.5 Å². The molecule has 9 heteroatoms. The van der Waals surface area contributed by atoms with Gasteiger partial charge in [0.15, 0.2) is 5.13 Å². The first-order valence-electron chi connectivity index (χ1n) is 6.66. The van der Waals surface area contributed by atoms with Crippen LogP contribution in [0.5, 0.6) is 0 Å². The van der Waals surface area contributed by atoms with Gasteiger partial charge in [0.1, 0.15) is 6.33 Å². The molecule has 0 spiro atoms. The largest absolute Gasteiger partial charge is 0.361 e. The highest BCUT2D eigenvalue weighted by molar-refractivity contribution is 7.13. The van der Waals surface area contributed by atoms with E-state index in [4.69, 9.17) is 0 Å². The molecule has 1 aliphatic carbocycles. The van der Waals surface area contributed by atoms with Gasteiger partial charge in [0.2, 0.25) is 11.6 Å². The fourth-order valence-electron chi connectivity index (χ4n) is 2.40. The SMILES string of the molecule is O=[N+]([O-])c1c(Nc2nccs2)ncnc1NC1CCCC1. The van der Waals surface area contributed by atoms with E-state index in [0.717, 1.165) is 25.7 Å². The van der Waals surface area contributed by atoms with E-state index in [0.29, 0.717) is 5.13 Å². The standard InChI is InChI=1S/C12H14N6O2S/c19-18(20)9-10(16-8-3-1-2-4-8)14-7-15-11(9)17-12-13-5-6-21-12/h5-8H,1-4H2,(H2,13,14,15,16,17). The lowest BCUT2D eigenvalue weighted by Crippen LogP contribution is -2.17. The Bertz CT molecular complexity index is 627. The highest BCUT2D eigenvalue weighted by atomic mass is 32.1. The minimum atomic E-state index is -0.465. The molecule has 0 aromatic carbocycles. The van der Waals surface area contributed by atoms with Crippen molar-refractivity contribution in [2.75, 3.05) is 10.6 Å². The predicted octanol–water partition coefficient (Wildman–Crippen LogP) is 2.94. The fourth-order valence-corrected chi connectivity index (χ4v) is 2.93. The van der Waals surface area contributed by atoms with E-state index in [-0.39, 0.29) is 23.4 Å². The summed E-state index contributed by atoms with van der Waals surface area (Å²) in [6.07, 6.45) is 7.24. The molecule has 0 amide bonds. The molecular formula is C12H14N6O2S. The van der Waals surface area contributed by atoms with Crippen molar-refractivity contribution in [3.05, 3.63) is 28.0 Å². The molecule has 21 heavy (non-hydrogen) atoms.